The Balaban J connectivity index is 0.00000306. The molecular formula is C44H74N2NiSi2. The van der Waals surface area contributed by atoms with Crippen LogP contribution in [0.25, 0.3) is 16.9 Å². The van der Waals surface area contributed by atoms with Crippen LogP contribution in [-0.4, -0.2) is 20.8 Å². The average molecular weight is 746 g/mol. The van der Waals surface area contributed by atoms with Crippen molar-refractivity contribution < 1.29 is 21.2 Å². The molecular weight excluding hydrogens is 671 g/mol. The molecule has 2 aromatic rings. The molecule has 3 rings (SSSR count). The molecule has 0 unspecified atom stereocenters. The van der Waals surface area contributed by atoms with Crippen molar-refractivity contribution >= 4 is 27.5 Å². The predicted octanol–water partition coefficient (Wildman–Crippen LogP) is 15.0. The second-order valence-corrected chi connectivity index (χ2v) is 27.4. The number of rotatable bonds is 18. The van der Waals surface area contributed by atoms with Crippen LogP contribution in [0.5, 0.6) is 0 Å². The Labute approximate surface area is 317 Å². The maximum atomic E-state index is 12.1. The molecule has 1 heterocycles. The molecule has 1 aliphatic rings. The molecule has 1 aliphatic heterocycles. The minimum Gasteiger partial charge on any atom is -0.493 e. The van der Waals surface area contributed by atoms with Gasteiger partial charge in [0.15, 0.2) is 0 Å². The smallest absolute Gasteiger partial charge is 0.493 e. The summed E-state index contributed by atoms with van der Waals surface area (Å²) >= 11 is 0. The Kier molecular flexibility index (Phi) is 24.6. The molecule has 0 aliphatic carbocycles. The third kappa shape index (κ3) is 18.5. The van der Waals surface area contributed by atoms with Crippen LogP contribution in [0.15, 0.2) is 59.7 Å². The van der Waals surface area contributed by atoms with E-state index in [4.69, 9.17) is 0 Å². The zero-order valence-corrected chi connectivity index (χ0v) is 36.5. The quantitative estimate of drug-likeness (QED) is 0.0628. The summed E-state index contributed by atoms with van der Waals surface area (Å²) in [4.78, 5) is 0. The summed E-state index contributed by atoms with van der Waals surface area (Å²) in [5.74, 6) is 0. The van der Waals surface area contributed by atoms with Gasteiger partial charge in [-0.3, -0.25) is 0 Å². The Bertz CT molecular complexity index is 1280. The van der Waals surface area contributed by atoms with Gasteiger partial charge in [-0.15, -0.1) is 0 Å². The van der Waals surface area contributed by atoms with Crippen molar-refractivity contribution in [1.29, 1.82) is 0 Å². The van der Waals surface area contributed by atoms with Gasteiger partial charge in [0.1, 0.15) is 0 Å². The van der Waals surface area contributed by atoms with Crippen LogP contribution in [0.1, 0.15) is 127 Å². The van der Waals surface area contributed by atoms with Crippen LogP contribution < -0.4 is 0 Å². The number of hydrogen-bond donors (Lipinski definition) is 0. The van der Waals surface area contributed by atoms with Gasteiger partial charge in [0.05, 0.1) is 0 Å². The van der Waals surface area contributed by atoms with Crippen LogP contribution in [0.2, 0.25) is 51.4 Å². The average Bonchev–Trinajstić information content (AvgIpc) is 3.30. The second kappa shape index (κ2) is 25.4. The first-order valence-electron chi connectivity index (χ1n) is 19.5. The number of hydrogen-bond acceptors (Lipinski definition) is 0. The maximum absolute atomic E-state index is 12.1. The largest absolute Gasteiger partial charge is 2.00 e. The van der Waals surface area contributed by atoms with Gasteiger partial charge < -0.3 is 19.4 Å². The fraction of sp³-hybridized carbons (Fsp3) is 0.591. The van der Waals surface area contributed by atoms with Crippen molar-refractivity contribution in [3.63, 3.8) is 0 Å². The van der Waals surface area contributed by atoms with Crippen molar-refractivity contribution in [3.05, 3.63) is 101 Å². The number of unbranched alkanes of at least 4 members (excludes halogenated alkanes) is 6. The van der Waals surface area contributed by atoms with E-state index in [0.29, 0.717) is 0 Å². The van der Waals surface area contributed by atoms with Gasteiger partial charge in [0, 0.05) is 38.4 Å². The van der Waals surface area contributed by atoms with E-state index in [1.807, 2.05) is 13.8 Å². The molecule has 0 spiro atoms. The molecule has 0 atom stereocenters. The minimum absolute atomic E-state index is 0. The molecule has 0 radical (unpaired) electrons. The van der Waals surface area contributed by atoms with Crippen molar-refractivity contribution in [1.82, 2.24) is 0 Å². The first-order valence-corrected chi connectivity index (χ1v) is 26.9. The monoisotopic (exact) mass is 744 g/mol. The van der Waals surface area contributed by atoms with Crippen LogP contribution in [0, 0.1) is 13.8 Å². The summed E-state index contributed by atoms with van der Waals surface area (Å²) in [6.07, 6.45) is 16.3. The van der Waals surface area contributed by atoms with E-state index in [-0.39, 0.29) is 16.5 Å². The van der Waals surface area contributed by atoms with Crippen molar-refractivity contribution in [2.24, 2.45) is 0 Å². The standard InChI is InChI=1S/C38H60N2Si2.2C3H7.Ni/c1-9-11-13-14-15-16-24-36-35(23-12-10-2)37(33-21-17-19-31(29-33)25-27-41(3,4)5)40(39)38(36)34-22-18-20-32(30-34)26-28-42(6,7)8;2*1-3-2;/h17-22,29-30H,9-16,23-28H2,1-8H3;2*1,3H2,2H3;/q;2*-1;+2. The third-order valence-corrected chi connectivity index (χ3v) is 12.1. The number of benzene rings is 2. The zero-order chi connectivity index (χ0) is 36.2. The van der Waals surface area contributed by atoms with Gasteiger partial charge in [0.2, 0.25) is 11.4 Å². The van der Waals surface area contributed by atoms with E-state index < -0.39 is 16.1 Å². The van der Waals surface area contributed by atoms with E-state index in [1.54, 1.807) is 4.70 Å². The van der Waals surface area contributed by atoms with Crippen molar-refractivity contribution in [2.75, 3.05) is 0 Å². The number of aryl methyl sites for hydroxylation is 2. The number of allylic oxidation sites excluding steroid dienone is 2. The first-order chi connectivity index (χ1) is 22.8. The Morgan fingerprint density at radius 3 is 1.31 bits per heavy atom. The first kappa shape index (κ1) is 47.4. The molecule has 2 nitrogen and oxygen atoms in total. The van der Waals surface area contributed by atoms with Gasteiger partial charge in [-0.1, -0.05) is 142 Å². The molecule has 0 aromatic heterocycles. The molecule has 2 aromatic carbocycles. The van der Waals surface area contributed by atoms with Crippen LogP contribution in [0.3, 0.4) is 0 Å². The second-order valence-electron chi connectivity index (χ2n) is 16.1. The summed E-state index contributed by atoms with van der Waals surface area (Å²) in [5.41, 5.74) is 22.0. The van der Waals surface area contributed by atoms with Gasteiger partial charge in [0.25, 0.3) is 0 Å². The van der Waals surface area contributed by atoms with Crippen LogP contribution in [0.4, 0.5) is 0 Å². The summed E-state index contributed by atoms with van der Waals surface area (Å²) in [6, 6.07) is 20.7. The minimum atomic E-state index is -1.13. The topological polar surface area (TPSA) is 25.3 Å². The van der Waals surface area contributed by atoms with Gasteiger partial charge >= 0.3 is 16.5 Å². The molecule has 0 fully saturated rings. The predicted molar refractivity (Wildman–Crippen MR) is 223 cm³/mol. The summed E-state index contributed by atoms with van der Waals surface area (Å²) < 4.78 is 1.59. The van der Waals surface area contributed by atoms with Gasteiger partial charge in [-0.25, -0.2) is 4.70 Å². The van der Waals surface area contributed by atoms with Crippen LogP contribution >= 0.6 is 0 Å². The molecule has 0 saturated carbocycles. The fourth-order valence-corrected chi connectivity index (χ4v) is 8.08. The molecule has 0 N–H and O–H groups in total. The van der Waals surface area contributed by atoms with E-state index in [0.717, 1.165) is 62.8 Å². The molecule has 49 heavy (non-hydrogen) atoms. The van der Waals surface area contributed by atoms with Crippen molar-refractivity contribution in [2.45, 2.75) is 169 Å². The molecule has 0 bridgehead atoms. The Hall–Kier alpha value is -1.55. The van der Waals surface area contributed by atoms with Crippen LogP contribution in [-0.2, 0) is 29.3 Å². The third-order valence-electron chi connectivity index (χ3n) is 8.65. The number of nitrogens with zero attached hydrogens (tertiary/aromatic N) is 2. The fourth-order valence-electron chi connectivity index (χ4n) is 6.01. The van der Waals surface area contributed by atoms with E-state index >= 15 is 0 Å². The van der Waals surface area contributed by atoms with Gasteiger partial charge in [-0.05, 0) is 73.9 Å². The summed E-state index contributed by atoms with van der Waals surface area (Å²) in [6.45, 7) is 30.3. The molecule has 278 valence electrons. The molecule has 5 heteroatoms. The molecule has 0 saturated heterocycles. The molecule has 0 amide bonds. The summed E-state index contributed by atoms with van der Waals surface area (Å²) in [7, 11) is -2.26. The summed E-state index contributed by atoms with van der Waals surface area (Å²) in [5, 5.41) is 0. The zero-order valence-electron chi connectivity index (χ0n) is 33.6. The maximum Gasteiger partial charge on any atom is 2.00 e. The van der Waals surface area contributed by atoms with E-state index in [1.165, 1.54) is 84.0 Å². The SMILES string of the molecule is CCCCCCCCC1=C(c2cccc(CC[Si](C)(C)C)c2)[N+](=[N-])C(c2cccc(CC[Si](C)(C)C)c2)=C1CCCC.[CH2-]CC.[CH2-]CC.[Ni+2]. The van der Waals surface area contributed by atoms with E-state index in [9.17, 15) is 5.53 Å². The van der Waals surface area contributed by atoms with Crippen molar-refractivity contribution in [3.8, 4) is 0 Å². The van der Waals surface area contributed by atoms with E-state index in [2.05, 4.69) is 116 Å². The van der Waals surface area contributed by atoms with Gasteiger partial charge in [-0.2, -0.15) is 12.8 Å². The Morgan fingerprint density at radius 2 is 0.918 bits per heavy atom. The Morgan fingerprint density at radius 1 is 0.551 bits per heavy atom. The normalized spacial score (nSPS) is 13.1.